The van der Waals surface area contributed by atoms with Crippen molar-refractivity contribution in [1.82, 2.24) is 0 Å². The van der Waals surface area contributed by atoms with Gasteiger partial charge in [0, 0.05) is 12.1 Å². The molecule has 0 saturated heterocycles. The second-order valence-electron chi connectivity index (χ2n) is 3.46. The van der Waals surface area contributed by atoms with E-state index in [-0.39, 0.29) is 11.6 Å². The number of aliphatic hydroxyl groups is 2. The predicted molar refractivity (Wildman–Crippen MR) is 59.5 cm³/mol. The van der Waals surface area contributed by atoms with E-state index in [1.165, 1.54) is 18.2 Å². The van der Waals surface area contributed by atoms with Gasteiger partial charge in [0.1, 0.15) is 6.10 Å². The molecular formula is C10H12ClNO4. The molecule has 2 atom stereocenters. The summed E-state index contributed by atoms with van der Waals surface area (Å²) in [7, 11) is 0. The maximum Gasteiger partial charge on any atom is 0.269 e. The summed E-state index contributed by atoms with van der Waals surface area (Å²) in [6, 6.07) is 4.12. The first-order chi connectivity index (χ1) is 7.47. The molecule has 0 heterocycles. The summed E-state index contributed by atoms with van der Waals surface area (Å²) in [6.07, 6.45) is -2.35. The Morgan fingerprint density at radius 2 is 2.12 bits per heavy atom. The number of benzene rings is 1. The molecule has 0 aliphatic rings. The Morgan fingerprint density at radius 3 is 2.62 bits per heavy atom. The van der Waals surface area contributed by atoms with Crippen molar-refractivity contribution in [2.75, 3.05) is 5.88 Å². The summed E-state index contributed by atoms with van der Waals surface area (Å²) < 4.78 is 0. The van der Waals surface area contributed by atoms with Gasteiger partial charge in [0.25, 0.3) is 5.69 Å². The van der Waals surface area contributed by atoms with E-state index in [4.69, 9.17) is 11.6 Å². The predicted octanol–water partition coefficient (Wildman–Crippen LogP) is 1.54. The summed E-state index contributed by atoms with van der Waals surface area (Å²) >= 11 is 5.41. The highest BCUT2D eigenvalue weighted by Crippen LogP contribution is 2.25. The van der Waals surface area contributed by atoms with Gasteiger partial charge in [0.2, 0.25) is 0 Å². The number of hydrogen-bond donors (Lipinski definition) is 2. The Hall–Kier alpha value is -1.17. The van der Waals surface area contributed by atoms with Crippen LogP contribution in [0.25, 0.3) is 0 Å². The highest BCUT2D eigenvalue weighted by molar-refractivity contribution is 6.18. The van der Waals surface area contributed by atoms with Gasteiger partial charge in [0.15, 0.2) is 0 Å². The largest absolute Gasteiger partial charge is 0.389 e. The smallest absolute Gasteiger partial charge is 0.269 e. The Morgan fingerprint density at radius 1 is 1.50 bits per heavy atom. The molecule has 2 unspecified atom stereocenters. The molecule has 0 aliphatic heterocycles. The number of aryl methyl sites for hydroxylation is 1. The molecule has 1 rings (SSSR count). The summed E-state index contributed by atoms with van der Waals surface area (Å²) in [5.74, 6) is -0.136. The lowest BCUT2D eigenvalue weighted by atomic mass is 9.99. The van der Waals surface area contributed by atoms with Crippen LogP contribution in [0.3, 0.4) is 0 Å². The molecule has 88 valence electrons. The van der Waals surface area contributed by atoms with Crippen molar-refractivity contribution in [1.29, 1.82) is 0 Å². The van der Waals surface area contributed by atoms with Gasteiger partial charge in [-0.05, 0) is 18.1 Å². The van der Waals surface area contributed by atoms with Crippen LogP contribution in [0, 0.1) is 17.0 Å². The van der Waals surface area contributed by atoms with Crippen LogP contribution in [0.2, 0.25) is 0 Å². The van der Waals surface area contributed by atoms with Crippen LogP contribution < -0.4 is 0 Å². The van der Waals surface area contributed by atoms with Crippen molar-refractivity contribution in [3.8, 4) is 0 Å². The first-order valence-electron chi connectivity index (χ1n) is 4.64. The molecule has 0 aromatic heterocycles. The number of halogens is 1. The molecule has 5 nitrogen and oxygen atoms in total. The molecule has 0 fully saturated rings. The van der Waals surface area contributed by atoms with Crippen LogP contribution in [0.5, 0.6) is 0 Å². The maximum absolute atomic E-state index is 10.6. The summed E-state index contributed by atoms with van der Waals surface area (Å²) in [5, 5.41) is 29.7. The number of alkyl halides is 1. The molecule has 16 heavy (non-hydrogen) atoms. The van der Waals surface area contributed by atoms with Gasteiger partial charge < -0.3 is 10.2 Å². The fourth-order valence-corrected chi connectivity index (χ4v) is 1.52. The Balaban J connectivity index is 3.11. The average molecular weight is 246 g/mol. The normalized spacial score (nSPS) is 14.5. The monoisotopic (exact) mass is 245 g/mol. The number of aliphatic hydroxyl groups excluding tert-OH is 2. The average Bonchev–Trinajstić information content (AvgIpc) is 2.27. The van der Waals surface area contributed by atoms with Crippen LogP contribution in [-0.2, 0) is 0 Å². The van der Waals surface area contributed by atoms with E-state index >= 15 is 0 Å². The van der Waals surface area contributed by atoms with Crippen LogP contribution in [0.4, 0.5) is 5.69 Å². The standard InChI is InChI=1S/C10H12ClNO4/c1-6-2-3-7(12(15)16)4-8(6)10(14)9(13)5-11/h2-4,9-10,13-14H,5H2,1H3. The van der Waals surface area contributed by atoms with Crippen molar-refractivity contribution >= 4 is 17.3 Å². The van der Waals surface area contributed by atoms with E-state index < -0.39 is 17.1 Å². The second-order valence-corrected chi connectivity index (χ2v) is 3.77. The molecule has 0 spiro atoms. The zero-order chi connectivity index (χ0) is 12.3. The zero-order valence-corrected chi connectivity index (χ0v) is 9.39. The van der Waals surface area contributed by atoms with Crippen molar-refractivity contribution in [2.45, 2.75) is 19.1 Å². The van der Waals surface area contributed by atoms with Crippen LogP contribution in [0.15, 0.2) is 18.2 Å². The lowest BCUT2D eigenvalue weighted by molar-refractivity contribution is -0.385. The fraction of sp³-hybridized carbons (Fsp3) is 0.400. The van der Waals surface area contributed by atoms with E-state index in [1.54, 1.807) is 6.92 Å². The molecule has 6 heteroatoms. The maximum atomic E-state index is 10.6. The first-order valence-corrected chi connectivity index (χ1v) is 5.18. The van der Waals surface area contributed by atoms with Gasteiger partial charge in [-0.25, -0.2) is 0 Å². The molecular weight excluding hydrogens is 234 g/mol. The van der Waals surface area contributed by atoms with E-state index in [0.29, 0.717) is 11.1 Å². The quantitative estimate of drug-likeness (QED) is 0.479. The number of nitrogens with zero attached hydrogens (tertiary/aromatic N) is 1. The zero-order valence-electron chi connectivity index (χ0n) is 8.63. The summed E-state index contributed by atoms with van der Waals surface area (Å²) in [5.41, 5.74) is 0.867. The minimum atomic E-state index is -1.21. The lowest BCUT2D eigenvalue weighted by Crippen LogP contribution is -2.20. The van der Waals surface area contributed by atoms with Crippen molar-refractivity contribution in [2.24, 2.45) is 0 Å². The minimum absolute atomic E-state index is 0.124. The third-order valence-corrected chi connectivity index (χ3v) is 2.63. The third kappa shape index (κ3) is 2.69. The topological polar surface area (TPSA) is 83.6 Å². The highest BCUT2D eigenvalue weighted by Gasteiger charge is 2.21. The molecule has 1 aromatic carbocycles. The second kappa shape index (κ2) is 5.25. The van der Waals surface area contributed by atoms with Gasteiger partial charge in [-0.1, -0.05) is 6.07 Å². The van der Waals surface area contributed by atoms with Gasteiger partial charge in [-0.3, -0.25) is 10.1 Å². The Kier molecular flexibility index (Phi) is 4.23. The van der Waals surface area contributed by atoms with Crippen molar-refractivity contribution < 1.29 is 15.1 Å². The molecule has 0 amide bonds. The van der Waals surface area contributed by atoms with Crippen molar-refractivity contribution in [3.63, 3.8) is 0 Å². The number of nitro benzene ring substituents is 1. The van der Waals surface area contributed by atoms with E-state index in [2.05, 4.69) is 0 Å². The Bertz CT molecular complexity index is 396. The fourth-order valence-electron chi connectivity index (χ4n) is 1.35. The third-order valence-electron chi connectivity index (χ3n) is 2.31. The van der Waals surface area contributed by atoms with Crippen LogP contribution in [0.1, 0.15) is 17.2 Å². The minimum Gasteiger partial charge on any atom is -0.389 e. The molecule has 1 aromatic rings. The summed E-state index contributed by atoms with van der Waals surface area (Å²) in [6.45, 7) is 1.70. The van der Waals surface area contributed by atoms with Crippen molar-refractivity contribution in [3.05, 3.63) is 39.4 Å². The van der Waals surface area contributed by atoms with E-state index in [0.717, 1.165) is 0 Å². The van der Waals surface area contributed by atoms with Gasteiger partial charge in [-0.15, -0.1) is 11.6 Å². The van der Waals surface area contributed by atoms with Gasteiger partial charge in [-0.2, -0.15) is 0 Å². The first kappa shape index (κ1) is 12.9. The van der Waals surface area contributed by atoms with E-state index in [1.807, 2.05) is 0 Å². The number of hydrogen-bond acceptors (Lipinski definition) is 4. The lowest BCUT2D eigenvalue weighted by Gasteiger charge is -2.17. The molecule has 0 aliphatic carbocycles. The van der Waals surface area contributed by atoms with Gasteiger partial charge in [0.05, 0.1) is 16.9 Å². The molecule has 0 saturated carbocycles. The molecule has 0 bridgehead atoms. The van der Waals surface area contributed by atoms with E-state index in [9.17, 15) is 20.3 Å². The van der Waals surface area contributed by atoms with Crippen LogP contribution >= 0.6 is 11.6 Å². The van der Waals surface area contributed by atoms with Gasteiger partial charge >= 0.3 is 0 Å². The van der Waals surface area contributed by atoms with Crippen LogP contribution in [-0.4, -0.2) is 27.1 Å². The Labute approximate surface area is 97.4 Å². The highest BCUT2D eigenvalue weighted by atomic mass is 35.5. The number of rotatable bonds is 4. The molecule has 2 N–H and O–H groups in total. The SMILES string of the molecule is Cc1ccc([N+](=O)[O-])cc1C(O)C(O)CCl. The molecule has 0 radical (unpaired) electrons. The number of non-ortho nitro benzene ring substituents is 1. The summed E-state index contributed by atoms with van der Waals surface area (Å²) in [4.78, 5) is 10.0. The number of nitro groups is 1.